The summed E-state index contributed by atoms with van der Waals surface area (Å²) in [5.74, 6) is 0. The van der Waals surface area contributed by atoms with Gasteiger partial charge < -0.3 is 4.55 Å². The molecule has 0 amide bonds. The summed E-state index contributed by atoms with van der Waals surface area (Å²) in [4.78, 5) is 0.442. The standard InChI is InChI=1S/C6H6O2S.Ba.2H/c7-9(8)6-4-2-1-3-5-6;;;/h1-5H,(H,7,8);;;. The Balaban J connectivity index is 0.000000810. The zero-order valence-electron chi connectivity index (χ0n) is 4.65. The molecule has 1 atom stereocenters. The molecular formula is C6H8BaO2S. The Labute approximate surface area is 102 Å². The molecule has 1 aromatic carbocycles. The monoisotopic (exact) mass is 282 g/mol. The summed E-state index contributed by atoms with van der Waals surface area (Å²) in [6, 6.07) is 8.47. The molecule has 0 aliphatic rings. The van der Waals surface area contributed by atoms with Crippen molar-refractivity contribution in [2.45, 2.75) is 4.90 Å². The van der Waals surface area contributed by atoms with Crippen LogP contribution in [0, 0.1) is 0 Å². The molecule has 52 valence electrons. The van der Waals surface area contributed by atoms with E-state index in [9.17, 15) is 4.21 Å². The summed E-state index contributed by atoms with van der Waals surface area (Å²) in [6.07, 6.45) is 0. The first-order valence-corrected chi connectivity index (χ1v) is 3.57. The van der Waals surface area contributed by atoms with Crippen molar-refractivity contribution in [2.24, 2.45) is 0 Å². The summed E-state index contributed by atoms with van der Waals surface area (Å²) >= 11 is -1.83. The van der Waals surface area contributed by atoms with Crippen LogP contribution in [0.15, 0.2) is 35.2 Å². The first-order chi connectivity index (χ1) is 4.30. The molecule has 0 saturated heterocycles. The van der Waals surface area contributed by atoms with E-state index in [1.165, 1.54) is 0 Å². The van der Waals surface area contributed by atoms with Crippen LogP contribution in [0.1, 0.15) is 0 Å². The third-order valence-corrected chi connectivity index (χ3v) is 1.62. The Morgan fingerprint density at radius 1 is 1.20 bits per heavy atom. The second-order valence-electron chi connectivity index (χ2n) is 1.56. The Bertz CT molecular complexity index is 212. The minimum atomic E-state index is -1.83. The summed E-state index contributed by atoms with van der Waals surface area (Å²) in [5, 5.41) is 0. The van der Waals surface area contributed by atoms with Crippen LogP contribution in [0.5, 0.6) is 0 Å². The fourth-order valence-corrected chi connectivity index (χ4v) is 0.927. The predicted octanol–water partition coefficient (Wildman–Crippen LogP) is 0.351. The van der Waals surface area contributed by atoms with Crippen molar-refractivity contribution >= 4 is 60.0 Å². The predicted molar refractivity (Wildman–Crippen MR) is 44.0 cm³/mol. The van der Waals surface area contributed by atoms with Gasteiger partial charge in [0.05, 0.1) is 4.90 Å². The quantitative estimate of drug-likeness (QED) is 0.596. The summed E-state index contributed by atoms with van der Waals surface area (Å²) in [7, 11) is 0. The molecule has 0 bridgehead atoms. The van der Waals surface area contributed by atoms with E-state index >= 15 is 0 Å². The summed E-state index contributed by atoms with van der Waals surface area (Å²) in [6.45, 7) is 0. The van der Waals surface area contributed by atoms with E-state index < -0.39 is 11.1 Å². The third kappa shape index (κ3) is 3.34. The third-order valence-electron chi connectivity index (χ3n) is 0.945. The molecule has 0 spiro atoms. The zero-order valence-corrected chi connectivity index (χ0v) is 5.47. The second kappa shape index (κ2) is 5.54. The Morgan fingerprint density at radius 3 is 2.00 bits per heavy atom. The van der Waals surface area contributed by atoms with Crippen LogP contribution in [-0.2, 0) is 11.1 Å². The summed E-state index contributed by atoms with van der Waals surface area (Å²) < 4.78 is 18.8. The van der Waals surface area contributed by atoms with E-state index in [2.05, 4.69) is 0 Å². The molecule has 1 unspecified atom stereocenters. The number of hydrogen-bond acceptors (Lipinski definition) is 1. The molecular weight excluding hydrogens is 273 g/mol. The van der Waals surface area contributed by atoms with Gasteiger partial charge in [-0.1, -0.05) is 18.2 Å². The molecule has 4 heteroatoms. The van der Waals surface area contributed by atoms with Gasteiger partial charge in [0.1, 0.15) is 0 Å². The Hall–Kier alpha value is 0.901. The van der Waals surface area contributed by atoms with Crippen LogP contribution in [0.3, 0.4) is 0 Å². The van der Waals surface area contributed by atoms with Crippen molar-refractivity contribution in [1.29, 1.82) is 0 Å². The van der Waals surface area contributed by atoms with Crippen LogP contribution < -0.4 is 0 Å². The molecule has 2 nitrogen and oxygen atoms in total. The molecule has 0 heterocycles. The van der Waals surface area contributed by atoms with Crippen molar-refractivity contribution < 1.29 is 8.76 Å². The van der Waals surface area contributed by atoms with E-state index in [4.69, 9.17) is 4.55 Å². The zero-order chi connectivity index (χ0) is 6.69. The first kappa shape index (κ1) is 10.9. The first-order valence-electron chi connectivity index (χ1n) is 2.46. The molecule has 1 N–H and O–H groups in total. The molecule has 1 aromatic rings. The number of hydrogen-bond donors (Lipinski definition) is 1. The molecule has 0 aliphatic carbocycles. The van der Waals surface area contributed by atoms with Crippen molar-refractivity contribution in [1.82, 2.24) is 0 Å². The molecule has 0 fully saturated rings. The average molecular weight is 282 g/mol. The van der Waals surface area contributed by atoms with Crippen LogP contribution in [-0.4, -0.2) is 57.6 Å². The van der Waals surface area contributed by atoms with Gasteiger partial charge in [-0.05, 0) is 12.1 Å². The van der Waals surface area contributed by atoms with Gasteiger partial charge in [-0.2, -0.15) is 0 Å². The van der Waals surface area contributed by atoms with E-state index in [1.54, 1.807) is 30.3 Å². The van der Waals surface area contributed by atoms with Crippen LogP contribution in [0.2, 0.25) is 0 Å². The van der Waals surface area contributed by atoms with Crippen molar-refractivity contribution in [3.63, 3.8) is 0 Å². The van der Waals surface area contributed by atoms with E-state index in [-0.39, 0.29) is 48.9 Å². The van der Waals surface area contributed by atoms with Crippen molar-refractivity contribution in [3.8, 4) is 0 Å². The van der Waals surface area contributed by atoms with Gasteiger partial charge in [-0.3, -0.25) is 0 Å². The van der Waals surface area contributed by atoms with Gasteiger partial charge in [0.25, 0.3) is 0 Å². The van der Waals surface area contributed by atoms with Gasteiger partial charge in [-0.25, -0.2) is 4.21 Å². The maximum absolute atomic E-state index is 10.3. The van der Waals surface area contributed by atoms with Gasteiger partial charge in [0.2, 0.25) is 0 Å². The van der Waals surface area contributed by atoms with E-state index in [1.807, 2.05) is 0 Å². The van der Waals surface area contributed by atoms with Gasteiger partial charge in [0.15, 0.2) is 11.1 Å². The number of rotatable bonds is 1. The Morgan fingerprint density at radius 2 is 1.70 bits per heavy atom. The topological polar surface area (TPSA) is 37.3 Å². The van der Waals surface area contributed by atoms with Crippen molar-refractivity contribution in [3.05, 3.63) is 30.3 Å². The Kier molecular flexibility index (Phi) is 6.04. The molecule has 1 rings (SSSR count). The van der Waals surface area contributed by atoms with Crippen LogP contribution in [0.4, 0.5) is 0 Å². The van der Waals surface area contributed by atoms with Crippen LogP contribution in [0.25, 0.3) is 0 Å². The fourth-order valence-electron chi connectivity index (χ4n) is 0.537. The molecule has 0 aliphatic heterocycles. The SMILES string of the molecule is O=S(O)c1ccccc1.[BaH2]. The van der Waals surface area contributed by atoms with Gasteiger partial charge in [0, 0.05) is 0 Å². The molecule has 0 saturated carbocycles. The minimum absolute atomic E-state index is 0. The maximum atomic E-state index is 10.3. The van der Waals surface area contributed by atoms with E-state index in [0.717, 1.165) is 0 Å². The van der Waals surface area contributed by atoms with Crippen molar-refractivity contribution in [2.75, 3.05) is 0 Å². The van der Waals surface area contributed by atoms with Crippen LogP contribution >= 0.6 is 0 Å². The fraction of sp³-hybridized carbons (Fsp3) is 0. The normalized spacial score (nSPS) is 11.7. The molecule has 10 heavy (non-hydrogen) atoms. The second-order valence-corrected chi connectivity index (χ2v) is 2.53. The molecule has 0 aromatic heterocycles. The average Bonchev–Trinajstić information content (AvgIpc) is 1.90. The summed E-state index contributed by atoms with van der Waals surface area (Å²) in [5.41, 5.74) is 0. The molecule has 0 radical (unpaired) electrons. The van der Waals surface area contributed by atoms with E-state index in [0.29, 0.717) is 4.90 Å². The van der Waals surface area contributed by atoms with Gasteiger partial charge >= 0.3 is 48.9 Å². The van der Waals surface area contributed by atoms with Gasteiger partial charge in [-0.15, -0.1) is 0 Å². The number of benzene rings is 1.